The van der Waals surface area contributed by atoms with Gasteiger partial charge in [0.05, 0.1) is 44.6 Å². The van der Waals surface area contributed by atoms with Crippen LogP contribution < -0.4 is 9.80 Å². The molecule has 2 N–H and O–H groups in total. The molecule has 1 heterocycles. The van der Waals surface area contributed by atoms with Gasteiger partial charge in [0.1, 0.15) is 18.5 Å². The summed E-state index contributed by atoms with van der Waals surface area (Å²) in [6, 6.07) is 6.97. The van der Waals surface area contributed by atoms with Crippen molar-refractivity contribution in [1.29, 1.82) is 0 Å². The topological polar surface area (TPSA) is 37.1 Å². The fraction of sp³-hybridized carbons (Fsp3) is 0.739. The van der Waals surface area contributed by atoms with Crippen LogP contribution in [0.5, 0.6) is 0 Å². The number of hydrogen-bond donors (Lipinski definition) is 2. The van der Waals surface area contributed by atoms with E-state index in [4.69, 9.17) is 4.74 Å². The van der Waals surface area contributed by atoms with Gasteiger partial charge in [0.2, 0.25) is 0 Å². The van der Waals surface area contributed by atoms with Gasteiger partial charge in [-0.2, -0.15) is 0 Å². The number of aliphatic hydroxyl groups is 1. The Bertz CT molecular complexity index is 603. The van der Waals surface area contributed by atoms with Crippen molar-refractivity contribution in [3.63, 3.8) is 0 Å². The van der Waals surface area contributed by atoms with E-state index < -0.39 is 6.10 Å². The summed E-state index contributed by atoms with van der Waals surface area (Å²) in [5.74, 6) is 0.632. The SMILES string of the molecule is CC(C)(C)C1CCC(OC[C@@H](O)C[NH+]2CCN(c3ccccc3F)CC2)CC1. The first-order valence-corrected chi connectivity index (χ1v) is 11.0. The van der Waals surface area contributed by atoms with Crippen molar-refractivity contribution in [2.75, 3.05) is 44.2 Å². The number of ether oxygens (including phenoxy) is 1. The second-order valence-corrected chi connectivity index (χ2v) is 9.72. The molecule has 1 aliphatic carbocycles. The summed E-state index contributed by atoms with van der Waals surface area (Å²) in [4.78, 5) is 3.48. The Morgan fingerprint density at radius 1 is 1.14 bits per heavy atom. The third-order valence-electron chi connectivity index (χ3n) is 6.61. The third kappa shape index (κ3) is 5.91. The maximum Gasteiger partial charge on any atom is 0.146 e. The van der Waals surface area contributed by atoms with Crippen molar-refractivity contribution >= 4 is 5.69 Å². The van der Waals surface area contributed by atoms with Crippen molar-refractivity contribution in [3.8, 4) is 0 Å². The van der Waals surface area contributed by atoms with E-state index in [0.29, 0.717) is 30.4 Å². The fourth-order valence-corrected chi connectivity index (χ4v) is 4.71. The standard InChI is InChI=1S/C23H37FN2O2/c1-23(2,3)18-8-10-20(11-9-18)28-17-19(27)16-25-12-14-26(15-13-25)22-7-5-4-6-21(22)24/h4-7,18-20,27H,8-17H2,1-3H3/p+1/t18?,19-,20?/m0/s1. The molecule has 158 valence electrons. The molecule has 28 heavy (non-hydrogen) atoms. The molecule has 1 aliphatic heterocycles. The van der Waals surface area contributed by atoms with Crippen LogP contribution in [0.15, 0.2) is 24.3 Å². The van der Waals surface area contributed by atoms with Crippen LogP contribution in [0.1, 0.15) is 46.5 Å². The molecule has 0 radical (unpaired) electrons. The lowest BCUT2D eigenvalue weighted by molar-refractivity contribution is -0.903. The van der Waals surface area contributed by atoms with Gasteiger partial charge >= 0.3 is 0 Å². The Labute approximate surface area is 169 Å². The van der Waals surface area contributed by atoms with E-state index in [9.17, 15) is 9.50 Å². The van der Waals surface area contributed by atoms with E-state index in [-0.39, 0.29) is 5.82 Å². The number of piperazine rings is 1. The van der Waals surface area contributed by atoms with Crippen LogP contribution in [0.25, 0.3) is 0 Å². The highest BCUT2D eigenvalue weighted by molar-refractivity contribution is 5.47. The van der Waals surface area contributed by atoms with E-state index in [0.717, 1.165) is 44.9 Å². The minimum absolute atomic E-state index is 0.152. The fourth-order valence-electron chi connectivity index (χ4n) is 4.71. The number of rotatable bonds is 6. The highest BCUT2D eigenvalue weighted by Crippen LogP contribution is 2.38. The molecule has 1 atom stereocenters. The van der Waals surface area contributed by atoms with E-state index in [1.165, 1.54) is 23.8 Å². The molecular weight excluding hydrogens is 355 g/mol. The molecule has 2 fully saturated rings. The van der Waals surface area contributed by atoms with Crippen LogP contribution in [0, 0.1) is 17.2 Å². The highest BCUT2D eigenvalue weighted by atomic mass is 19.1. The molecule has 0 aromatic heterocycles. The summed E-state index contributed by atoms with van der Waals surface area (Å²) in [5, 5.41) is 10.4. The van der Waals surface area contributed by atoms with Crippen LogP contribution in [0.3, 0.4) is 0 Å². The number of nitrogens with zero attached hydrogens (tertiary/aromatic N) is 1. The van der Waals surface area contributed by atoms with Gasteiger partial charge < -0.3 is 19.6 Å². The van der Waals surface area contributed by atoms with Gasteiger partial charge in [0.25, 0.3) is 0 Å². The second kappa shape index (κ2) is 9.55. The number of aliphatic hydroxyl groups excluding tert-OH is 1. The first-order valence-electron chi connectivity index (χ1n) is 11.0. The second-order valence-electron chi connectivity index (χ2n) is 9.72. The maximum atomic E-state index is 13.9. The van der Waals surface area contributed by atoms with E-state index in [2.05, 4.69) is 25.7 Å². The molecule has 1 saturated carbocycles. The number of halogens is 1. The quantitative estimate of drug-likeness (QED) is 0.780. The van der Waals surface area contributed by atoms with Crippen LogP contribution in [0.2, 0.25) is 0 Å². The Balaban J connectivity index is 1.34. The van der Waals surface area contributed by atoms with Gasteiger partial charge in [-0.15, -0.1) is 0 Å². The van der Waals surface area contributed by atoms with Gasteiger partial charge in [0, 0.05) is 0 Å². The van der Waals surface area contributed by atoms with Gasteiger partial charge in [-0.05, 0) is 49.1 Å². The molecule has 1 aromatic rings. The number of para-hydroxylation sites is 1. The maximum absolute atomic E-state index is 13.9. The number of anilines is 1. The lowest BCUT2D eigenvalue weighted by atomic mass is 9.72. The molecule has 3 rings (SSSR count). The molecule has 1 aromatic carbocycles. The Morgan fingerprint density at radius 2 is 1.79 bits per heavy atom. The first kappa shape index (κ1) is 21.5. The molecule has 0 unspecified atom stereocenters. The molecule has 4 nitrogen and oxygen atoms in total. The van der Waals surface area contributed by atoms with Crippen molar-refractivity contribution in [2.45, 2.75) is 58.7 Å². The number of nitrogens with one attached hydrogen (secondary N) is 1. The van der Waals surface area contributed by atoms with Crippen molar-refractivity contribution in [2.24, 2.45) is 11.3 Å². The Morgan fingerprint density at radius 3 is 2.39 bits per heavy atom. The molecule has 0 amide bonds. The van der Waals surface area contributed by atoms with Crippen molar-refractivity contribution in [1.82, 2.24) is 0 Å². The molecular formula is C23H38FN2O2+. The summed E-state index contributed by atoms with van der Waals surface area (Å²) < 4.78 is 20.0. The predicted molar refractivity (Wildman–Crippen MR) is 111 cm³/mol. The molecule has 0 spiro atoms. The molecule has 0 bridgehead atoms. The normalized spacial score (nSPS) is 25.7. The van der Waals surface area contributed by atoms with Gasteiger partial charge in [-0.1, -0.05) is 32.9 Å². The minimum Gasteiger partial charge on any atom is -0.385 e. The summed E-state index contributed by atoms with van der Waals surface area (Å²) >= 11 is 0. The minimum atomic E-state index is -0.421. The van der Waals surface area contributed by atoms with Gasteiger partial charge in [-0.3, -0.25) is 0 Å². The van der Waals surface area contributed by atoms with Crippen molar-refractivity contribution in [3.05, 3.63) is 30.1 Å². The van der Waals surface area contributed by atoms with Crippen LogP contribution >= 0.6 is 0 Å². The zero-order valence-corrected chi connectivity index (χ0v) is 17.8. The van der Waals surface area contributed by atoms with Gasteiger partial charge in [-0.25, -0.2) is 4.39 Å². The molecule has 1 saturated heterocycles. The largest absolute Gasteiger partial charge is 0.385 e. The number of hydrogen-bond acceptors (Lipinski definition) is 3. The average Bonchev–Trinajstić information content (AvgIpc) is 2.67. The van der Waals surface area contributed by atoms with Crippen LogP contribution in [0.4, 0.5) is 10.1 Å². The average molecular weight is 394 g/mol. The zero-order chi connectivity index (χ0) is 20.1. The monoisotopic (exact) mass is 393 g/mol. The Kier molecular flexibility index (Phi) is 7.35. The van der Waals surface area contributed by atoms with E-state index >= 15 is 0 Å². The predicted octanol–water partition coefficient (Wildman–Crippen LogP) is 2.51. The third-order valence-corrected chi connectivity index (χ3v) is 6.61. The highest BCUT2D eigenvalue weighted by Gasteiger charge is 2.30. The number of quaternary nitrogens is 1. The Hall–Kier alpha value is -1.17. The van der Waals surface area contributed by atoms with Crippen LogP contribution in [-0.2, 0) is 4.74 Å². The smallest absolute Gasteiger partial charge is 0.146 e. The lowest BCUT2D eigenvalue weighted by Gasteiger charge is -2.37. The summed E-state index contributed by atoms with van der Waals surface area (Å²) in [6.45, 7) is 11.6. The molecule has 2 aliphatic rings. The summed E-state index contributed by atoms with van der Waals surface area (Å²) in [7, 11) is 0. The van der Waals surface area contributed by atoms with E-state index in [1.54, 1.807) is 6.07 Å². The molecule has 5 heteroatoms. The zero-order valence-electron chi connectivity index (χ0n) is 17.8. The summed E-state index contributed by atoms with van der Waals surface area (Å²) in [6.07, 6.45) is 4.57. The van der Waals surface area contributed by atoms with Crippen molar-refractivity contribution < 1.29 is 19.1 Å². The summed E-state index contributed by atoms with van der Waals surface area (Å²) in [5.41, 5.74) is 1.08. The first-order chi connectivity index (χ1) is 13.3. The van der Waals surface area contributed by atoms with Gasteiger partial charge in [0.15, 0.2) is 0 Å². The van der Waals surface area contributed by atoms with Crippen LogP contribution in [-0.4, -0.2) is 56.6 Å². The van der Waals surface area contributed by atoms with E-state index in [1.807, 2.05) is 12.1 Å². The number of benzene rings is 1. The lowest BCUT2D eigenvalue weighted by Crippen LogP contribution is -3.16.